The van der Waals surface area contributed by atoms with Crippen LogP contribution in [0.15, 0.2) is 24.3 Å². The van der Waals surface area contributed by atoms with Crippen LogP contribution in [0.25, 0.3) is 0 Å². The van der Waals surface area contributed by atoms with Gasteiger partial charge in [-0.3, -0.25) is 4.79 Å². The van der Waals surface area contributed by atoms with Gasteiger partial charge in [0.1, 0.15) is 0 Å². The number of hydrogen-bond acceptors (Lipinski definition) is 1. The van der Waals surface area contributed by atoms with E-state index < -0.39 is 0 Å². The first-order valence-corrected chi connectivity index (χ1v) is 6.64. The molecule has 1 N–H and O–H groups in total. The molecule has 1 aromatic carbocycles. The van der Waals surface area contributed by atoms with Crippen LogP contribution in [-0.4, -0.2) is 11.9 Å². The molecule has 2 heteroatoms. The van der Waals surface area contributed by atoms with Gasteiger partial charge in [0.2, 0.25) is 5.91 Å². The first kappa shape index (κ1) is 10.8. The normalized spacial score (nSPS) is 31.4. The second-order valence-electron chi connectivity index (χ2n) is 5.37. The summed E-state index contributed by atoms with van der Waals surface area (Å²) in [5.74, 6) is 0.230. The summed E-state index contributed by atoms with van der Waals surface area (Å²) in [4.78, 5) is 11.8. The fourth-order valence-corrected chi connectivity index (χ4v) is 3.78. The highest BCUT2D eigenvalue weighted by Gasteiger charge is 2.48. The number of fused-ring (bicyclic) bond motifs is 2. The van der Waals surface area contributed by atoms with Crippen molar-refractivity contribution in [3.8, 4) is 0 Å². The van der Waals surface area contributed by atoms with Crippen LogP contribution in [0.2, 0.25) is 0 Å². The molecule has 0 aromatic heterocycles. The van der Waals surface area contributed by atoms with Crippen molar-refractivity contribution in [3.63, 3.8) is 0 Å². The van der Waals surface area contributed by atoms with Crippen LogP contribution in [0.4, 0.5) is 0 Å². The second-order valence-corrected chi connectivity index (χ2v) is 5.37. The molecule has 3 rings (SSSR count). The molecule has 1 amide bonds. The maximum atomic E-state index is 11.8. The Balaban J connectivity index is 2.12. The van der Waals surface area contributed by atoms with Crippen LogP contribution < -0.4 is 5.32 Å². The average molecular weight is 229 g/mol. The highest BCUT2D eigenvalue weighted by molar-refractivity contribution is 5.82. The summed E-state index contributed by atoms with van der Waals surface area (Å²) in [6.07, 6.45) is 5.24. The zero-order valence-corrected chi connectivity index (χ0v) is 10.3. The highest BCUT2D eigenvalue weighted by atomic mass is 16.2. The number of benzene rings is 1. The standard InChI is InChI=1S/C15H19NO/c1-2-13-15(10-14(17)16-13)9-5-7-11-6-3-4-8-12(11)15/h3-4,6,8,13H,2,5,7,9-10H2,1H3,(H,16,17). The van der Waals surface area contributed by atoms with E-state index in [4.69, 9.17) is 0 Å². The van der Waals surface area contributed by atoms with Gasteiger partial charge in [0.05, 0.1) is 0 Å². The molecule has 0 saturated carbocycles. The van der Waals surface area contributed by atoms with Gasteiger partial charge in [-0.1, -0.05) is 31.2 Å². The SMILES string of the molecule is CCC1NC(=O)CC12CCCc1ccccc12. The fourth-order valence-electron chi connectivity index (χ4n) is 3.78. The molecule has 1 heterocycles. The van der Waals surface area contributed by atoms with E-state index in [1.54, 1.807) is 0 Å². The van der Waals surface area contributed by atoms with Crippen molar-refractivity contribution in [3.05, 3.63) is 35.4 Å². The molecule has 1 saturated heterocycles. The Hall–Kier alpha value is -1.31. The summed E-state index contributed by atoms with van der Waals surface area (Å²) in [5.41, 5.74) is 2.96. The van der Waals surface area contributed by atoms with Crippen LogP contribution in [0.1, 0.15) is 43.7 Å². The molecule has 17 heavy (non-hydrogen) atoms. The van der Waals surface area contributed by atoms with Crippen LogP contribution in [0.3, 0.4) is 0 Å². The van der Waals surface area contributed by atoms with Crippen molar-refractivity contribution in [1.82, 2.24) is 5.32 Å². The van der Waals surface area contributed by atoms with Crippen molar-refractivity contribution < 1.29 is 4.79 Å². The van der Waals surface area contributed by atoms with Crippen LogP contribution in [-0.2, 0) is 16.6 Å². The average Bonchev–Trinajstić information content (AvgIpc) is 2.67. The van der Waals surface area contributed by atoms with E-state index in [0.717, 1.165) is 12.8 Å². The summed E-state index contributed by atoms with van der Waals surface area (Å²) < 4.78 is 0. The maximum absolute atomic E-state index is 11.8. The minimum absolute atomic E-state index is 0.0840. The maximum Gasteiger partial charge on any atom is 0.221 e. The summed E-state index contributed by atoms with van der Waals surface area (Å²) >= 11 is 0. The van der Waals surface area contributed by atoms with E-state index in [1.807, 2.05) is 0 Å². The number of rotatable bonds is 1. The number of hydrogen-bond donors (Lipinski definition) is 1. The number of carbonyl (C=O) groups excluding carboxylic acids is 1. The highest BCUT2D eigenvalue weighted by Crippen LogP contribution is 2.46. The van der Waals surface area contributed by atoms with E-state index in [1.165, 1.54) is 24.0 Å². The first-order chi connectivity index (χ1) is 8.26. The lowest BCUT2D eigenvalue weighted by Crippen LogP contribution is -2.42. The summed E-state index contributed by atoms with van der Waals surface area (Å²) in [5, 5.41) is 3.17. The van der Waals surface area contributed by atoms with Crippen molar-refractivity contribution >= 4 is 5.91 Å². The summed E-state index contributed by atoms with van der Waals surface area (Å²) in [7, 11) is 0. The fraction of sp³-hybridized carbons (Fsp3) is 0.533. The monoisotopic (exact) mass is 229 g/mol. The van der Waals surface area contributed by atoms with Crippen LogP contribution in [0.5, 0.6) is 0 Å². The van der Waals surface area contributed by atoms with Crippen molar-refractivity contribution in [1.29, 1.82) is 0 Å². The molecule has 2 atom stereocenters. The quantitative estimate of drug-likeness (QED) is 0.788. The molecule has 0 radical (unpaired) electrons. The Morgan fingerprint density at radius 1 is 1.41 bits per heavy atom. The predicted molar refractivity (Wildman–Crippen MR) is 67.9 cm³/mol. The van der Waals surface area contributed by atoms with E-state index in [9.17, 15) is 4.79 Å². The van der Waals surface area contributed by atoms with Gasteiger partial charge in [-0.2, -0.15) is 0 Å². The van der Waals surface area contributed by atoms with Gasteiger partial charge >= 0.3 is 0 Å². The van der Waals surface area contributed by atoms with Gasteiger partial charge in [0.15, 0.2) is 0 Å². The van der Waals surface area contributed by atoms with Crippen LogP contribution in [0, 0.1) is 0 Å². The van der Waals surface area contributed by atoms with Crippen molar-refractivity contribution in [2.75, 3.05) is 0 Å². The van der Waals surface area contributed by atoms with Gasteiger partial charge in [0.25, 0.3) is 0 Å². The molecule has 1 aliphatic carbocycles. The lowest BCUT2D eigenvalue weighted by Gasteiger charge is -2.39. The molecular weight excluding hydrogens is 210 g/mol. The lowest BCUT2D eigenvalue weighted by molar-refractivity contribution is -0.119. The number of aryl methyl sites for hydroxylation is 1. The third-order valence-electron chi connectivity index (χ3n) is 4.51. The van der Waals surface area contributed by atoms with Crippen molar-refractivity contribution in [2.45, 2.75) is 50.5 Å². The summed E-state index contributed by atoms with van der Waals surface area (Å²) in [6.45, 7) is 2.18. The number of carbonyl (C=O) groups is 1. The van der Waals surface area contributed by atoms with E-state index in [0.29, 0.717) is 12.5 Å². The van der Waals surface area contributed by atoms with E-state index >= 15 is 0 Å². The molecule has 1 fully saturated rings. The molecule has 1 spiro atoms. The zero-order chi connectivity index (χ0) is 11.9. The third kappa shape index (κ3) is 1.50. The summed E-state index contributed by atoms with van der Waals surface area (Å²) in [6, 6.07) is 9.02. The molecule has 0 bridgehead atoms. The Kier molecular flexibility index (Phi) is 2.46. The van der Waals surface area contributed by atoms with Crippen molar-refractivity contribution in [2.24, 2.45) is 0 Å². The Bertz CT molecular complexity index is 454. The molecule has 90 valence electrons. The van der Waals surface area contributed by atoms with Gasteiger partial charge in [-0.25, -0.2) is 0 Å². The molecule has 1 aliphatic heterocycles. The second kappa shape index (κ2) is 3.86. The van der Waals surface area contributed by atoms with E-state index in [2.05, 4.69) is 36.5 Å². The van der Waals surface area contributed by atoms with Gasteiger partial charge in [0, 0.05) is 17.9 Å². The van der Waals surface area contributed by atoms with Gasteiger partial charge < -0.3 is 5.32 Å². The zero-order valence-electron chi connectivity index (χ0n) is 10.3. The Morgan fingerprint density at radius 3 is 3.06 bits per heavy atom. The predicted octanol–water partition coefficient (Wildman–Crippen LogP) is 2.56. The number of amides is 1. The molecule has 2 aliphatic rings. The molecule has 1 aromatic rings. The molecule has 2 unspecified atom stereocenters. The van der Waals surface area contributed by atoms with Gasteiger partial charge in [-0.05, 0) is 36.8 Å². The van der Waals surface area contributed by atoms with Gasteiger partial charge in [-0.15, -0.1) is 0 Å². The molecular formula is C15H19NO. The van der Waals surface area contributed by atoms with E-state index in [-0.39, 0.29) is 11.3 Å². The first-order valence-electron chi connectivity index (χ1n) is 6.64. The smallest absolute Gasteiger partial charge is 0.221 e. The lowest BCUT2D eigenvalue weighted by atomic mass is 9.65. The van der Waals surface area contributed by atoms with Crippen LogP contribution >= 0.6 is 0 Å². The third-order valence-corrected chi connectivity index (χ3v) is 4.51. The minimum Gasteiger partial charge on any atom is -0.352 e. The topological polar surface area (TPSA) is 29.1 Å². The Morgan fingerprint density at radius 2 is 2.24 bits per heavy atom. The molecule has 2 nitrogen and oxygen atoms in total. The largest absolute Gasteiger partial charge is 0.352 e. The minimum atomic E-state index is 0.0840. The number of nitrogens with one attached hydrogen (secondary N) is 1. The Labute approximate surface area is 102 Å².